The molecule has 1 aliphatic heterocycles. The predicted molar refractivity (Wildman–Crippen MR) is 153 cm³/mol. The number of pyridine rings is 1. The van der Waals surface area contributed by atoms with Gasteiger partial charge >= 0.3 is 0 Å². The molecule has 13 nitrogen and oxygen atoms in total. The number of methoxy groups -OCH3 is 1. The number of rotatable bonds is 8. The Morgan fingerprint density at radius 2 is 2.02 bits per heavy atom. The van der Waals surface area contributed by atoms with Crippen LogP contribution in [0.3, 0.4) is 0 Å². The van der Waals surface area contributed by atoms with Crippen LogP contribution in [0.2, 0.25) is 0 Å². The number of aryl methyl sites for hydroxylation is 1. The molecule has 4 aromatic heterocycles. The third-order valence-corrected chi connectivity index (χ3v) is 6.89. The van der Waals surface area contributed by atoms with Crippen molar-refractivity contribution in [3.05, 3.63) is 67.0 Å². The minimum atomic E-state index is -0.299. The molecule has 0 saturated carbocycles. The van der Waals surface area contributed by atoms with Gasteiger partial charge in [-0.05, 0) is 51.1 Å². The Labute approximate surface area is 235 Å². The normalized spacial score (nSPS) is 15.5. The van der Waals surface area contributed by atoms with Gasteiger partial charge in [0.2, 0.25) is 11.9 Å². The lowest BCUT2D eigenvalue weighted by Crippen LogP contribution is -2.23. The molecule has 0 unspecified atom stereocenters. The topological polar surface area (TPSA) is 145 Å². The Morgan fingerprint density at radius 1 is 1.12 bits per heavy atom. The molecule has 2 N–H and O–H groups in total. The highest BCUT2D eigenvalue weighted by Gasteiger charge is 2.18. The number of amides is 1. The number of likely N-dealkylation sites (N-methyl/N-ethyl adjacent to an activating group) is 1. The molecule has 1 amide bonds. The molecule has 41 heavy (non-hydrogen) atoms. The Morgan fingerprint density at radius 3 is 2.85 bits per heavy atom. The molecular weight excluding hydrogens is 524 g/mol. The molecule has 0 radical (unpaired) electrons. The summed E-state index contributed by atoms with van der Waals surface area (Å²) in [6.07, 6.45) is 11.8. The number of hydrogen-bond donors (Lipinski definition) is 2. The molecule has 0 bridgehead atoms. The first kappa shape index (κ1) is 26.1. The molecule has 208 valence electrons. The van der Waals surface area contributed by atoms with Crippen LogP contribution >= 0.6 is 0 Å². The number of fused-ring (bicyclic) bond motifs is 2. The van der Waals surface area contributed by atoms with Gasteiger partial charge in [-0.1, -0.05) is 6.08 Å². The van der Waals surface area contributed by atoms with Crippen LogP contribution in [0.1, 0.15) is 18.4 Å². The Kier molecular flexibility index (Phi) is 7.08. The number of aromatic nitrogens is 7. The fraction of sp³-hybridized carbons (Fsp3) is 0.250. The summed E-state index contributed by atoms with van der Waals surface area (Å²) in [7, 11) is 3.63. The van der Waals surface area contributed by atoms with Crippen LogP contribution in [0.15, 0.2) is 61.5 Å². The van der Waals surface area contributed by atoms with Crippen LogP contribution in [-0.2, 0) is 4.79 Å². The summed E-state index contributed by atoms with van der Waals surface area (Å²) in [6, 6.07) is 7.56. The number of carbonyl (C=O) groups excluding carboxylic acids is 1. The smallest absolute Gasteiger partial charge is 0.250 e. The minimum Gasteiger partial charge on any atom is -0.494 e. The van der Waals surface area contributed by atoms with Crippen molar-refractivity contribution in [1.29, 1.82) is 0 Å². The Bertz CT molecular complexity index is 1770. The molecule has 1 atom stereocenters. The summed E-state index contributed by atoms with van der Waals surface area (Å²) in [6.45, 7) is 2.96. The zero-order valence-corrected chi connectivity index (χ0v) is 22.8. The monoisotopic (exact) mass is 552 g/mol. The highest BCUT2D eigenvalue weighted by Crippen LogP contribution is 2.37. The van der Waals surface area contributed by atoms with Crippen LogP contribution < -0.4 is 20.1 Å². The summed E-state index contributed by atoms with van der Waals surface area (Å²) in [5, 5.41) is 10.1. The van der Waals surface area contributed by atoms with Crippen LogP contribution in [0.25, 0.3) is 16.7 Å². The highest BCUT2D eigenvalue weighted by molar-refractivity contribution is 5.99. The van der Waals surface area contributed by atoms with Crippen molar-refractivity contribution >= 4 is 40.0 Å². The molecule has 0 spiro atoms. The number of likely N-dealkylation sites (tertiary alicyclic amines) is 1. The van der Waals surface area contributed by atoms with Gasteiger partial charge in [0.1, 0.15) is 40.9 Å². The number of hydrogen-bond acceptors (Lipinski definition) is 11. The number of nitrogens with zero attached hydrogens (tertiary/aromatic N) is 8. The van der Waals surface area contributed by atoms with E-state index in [1.165, 1.54) is 18.7 Å². The first-order chi connectivity index (χ1) is 20.0. The molecule has 1 saturated heterocycles. The first-order valence-corrected chi connectivity index (χ1v) is 13.1. The van der Waals surface area contributed by atoms with E-state index < -0.39 is 0 Å². The van der Waals surface area contributed by atoms with Crippen LogP contribution in [0.5, 0.6) is 17.2 Å². The van der Waals surface area contributed by atoms with Gasteiger partial charge in [-0.15, -0.1) is 0 Å². The maximum atomic E-state index is 12.5. The lowest BCUT2D eigenvalue weighted by molar-refractivity contribution is -0.112. The Balaban J connectivity index is 1.23. The summed E-state index contributed by atoms with van der Waals surface area (Å²) in [4.78, 5) is 36.4. The van der Waals surface area contributed by atoms with E-state index in [0.29, 0.717) is 45.4 Å². The second kappa shape index (κ2) is 11.1. The van der Waals surface area contributed by atoms with E-state index in [4.69, 9.17) is 9.47 Å². The van der Waals surface area contributed by atoms with Crippen molar-refractivity contribution in [3.63, 3.8) is 0 Å². The second-order valence-corrected chi connectivity index (χ2v) is 9.66. The maximum absolute atomic E-state index is 12.5. The van der Waals surface area contributed by atoms with Crippen LogP contribution in [-0.4, -0.2) is 72.1 Å². The van der Waals surface area contributed by atoms with Gasteiger partial charge in [0.25, 0.3) is 0 Å². The molecule has 13 heteroatoms. The standard InChI is InChI=1S/C28H28N10O3/c1-17-11-20(23(40-3)13-22(17)41-19-8-10-38-24(12-19)31-16-33-38)34-27-26-21(30-15-32-27)14-29-28(36-26)35-25(39)7-6-18-5-4-9-37(18)2/h6-8,10-16,18H,4-5,9H2,1-3H3,(H,30,32,34)(H,29,35,36,39)/b7-6+/t18-/m1/s1. The van der Waals surface area contributed by atoms with E-state index in [0.717, 1.165) is 24.9 Å². The van der Waals surface area contributed by atoms with Crippen molar-refractivity contribution in [2.24, 2.45) is 0 Å². The fourth-order valence-electron chi connectivity index (χ4n) is 4.70. The quantitative estimate of drug-likeness (QED) is 0.270. The van der Waals surface area contributed by atoms with E-state index in [-0.39, 0.29) is 17.9 Å². The van der Waals surface area contributed by atoms with Gasteiger partial charge < -0.3 is 14.8 Å². The lowest BCUT2D eigenvalue weighted by Gasteiger charge is -2.16. The molecule has 1 aromatic carbocycles. The average Bonchev–Trinajstić information content (AvgIpc) is 3.61. The fourth-order valence-corrected chi connectivity index (χ4v) is 4.70. The van der Waals surface area contributed by atoms with E-state index in [2.05, 4.69) is 52.6 Å². The number of anilines is 3. The van der Waals surface area contributed by atoms with Gasteiger partial charge in [-0.25, -0.2) is 29.4 Å². The first-order valence-electron chi connectivity index (χ1n) is 13.1. The molecule has 1 fully saturated rings. The van der Waals surface area contributed by atoms with Gasteiger partial charge in [-0.3, -0.25) is 15.0 Å². The molecule has 5 heterocycles. The van der Waals surface area contributed by atoms with Crippen molar-refractivity contribution in [3.8, 4) is 17.2 Å². The summed E-state index contributed by atoms with van der Waals surface area (Å²) < 4.78 is 13.5. The van der Waals surface area contributed by atoms with Crippen molar-refractivity contribution in [2.75, 3.05) is 31.3 Å². The zero-order valence-electron chi connectivity index (χ0n) is 22.8. The van der Waals surface area contributed by atoms with E-state index >= 15 is 0 Å². The second-order valence-electron chi connectivity index (χ2n) is 9.66. The van der Waals surface area contributed by atoms with Gasteiger partial charge in [0.15, 0.2) is 11.5 Å². The maximum Gasteiger partial charge on any atom is 0.250 e. The molecule has 1 aliphatic rings. The molecule has 5 aromatic rings. The van der Waals surface area contributed by atoms with Crippen LogP contribution in [0, 0.1) is 6.92 Å². The molecule has 0 aliphatic carbocycles. The highest BCUT2D eigenvalue weighted by atomic mass is 16.5. The van der Waals surface area contributed by atoms with Gasteiger partial charge in [0, 0.05) is 30.4 Å². The molecular formula is C28H28N10O3. The number of carbonyl (C=O) groups is 1. The predicted octanol–water partition coefficient (Wildman–Crippen LogP) is 3.90. The lowest BCUT2D eigenvalue weighted by atomic mass is 10.1. The summed E-state index contributed by atoms with van der Waals surface area (Å²) >= 11 is 0. The number of ether oxygens (including phenoxy) is 2. The average molecular weight is 553 g/mol. The molecule has 6 rings (SSSR count). The van der Waals surface area contributed by atoms with E-state index in [9.17, 15) is 4.79 Å². The zero-order chi connectivity index (χ0) is 28.3. The van der Waals surface area contributed by atoms with Crippen molar-refractivity contribution in [1.82, 2.24) is 39.4 Å². The minimum absolute atomic E-state index is 0.154. The van der Waals surface area contributed by atoms with Crippen LogP contribution in [0.4, 0.5) is 17.5 Å². The largest absolute Gasteiger partial charge is 0.494 e. The summed E-state index contributed by atoms with van der Waals surface area (Å²) in [5.41, 5.74) is 3.14. The van der Waals surface area contributed by atoms with Gasteiger partial charge in [-0.2, -0.15) is 5.10 Å². The van der Waals surface area contributed by atoms with E-state index in [1.807, 2.05) is 25.1 Å². The number of benzene rings is 1. The van der Waals surface area contributed by atoms with Gasteiger partial charge in [0.05, 0.1) is 19.0 Å². The van der Waals surface area contributed by atoms with Crippen molar-refractivity contribution < 1.29 is 14.3 Å². The number of nitrogens with one attached hydrogen (secondary N) is 2. The third kappa shape index (κ3) is 5.61. The third-order valence-electron chi connectivity index (χ3n) is 6.89. The van der Waals surface area contributed by atoms with E-state index in [1.54, 1.807) is 36.2 Å². The Hall–Kier alpha value is -5.17. The van der Waals surface area contributed by atoms with Crippen molar-refractivity contribution in [2.45, 2.75) is 25.8 Å². The summed E-state index contributed by atoms with van der Waals surface area (Å²) in [5.74, 6) is 2.06. The SMILES string of the molecule is COc1cc(Oc2ccn3ncnc3c2)c(C)cc1Nc1ncnc2cnc(NC(=O)/C=C/[C@H]3CCCN3C)nc12.